The van der Waals surface area contributed by atoms with Crippen LogP contribution in [0.25, 0.3) is 0 Å². The number of unbranched alkanes of at least 4 members (excludes halogenated alkanes) is 14. The van der Waals surface area contributed by atoms with Crippen LogP contribution in [-0.2, 0) is 32.7 Å². The Morgan fingerprint density at radius 3 is 1.44 bits per heavy atom. The topological polar surface area (TPSA) is 230 Å². The van der Waals surface area contributed by atoms with E-state index in [2.05, 4.69) is 67.7 Å². The van der Waals surface area contributed by atoms with Gasteiger partial charge in [0, 0.05) is 12.8 Å². The van der Waals surface area contributed by atoms with Crippen molar-refractivity contribution in [2.75, 3.05) is 13.2 Å². The molecule has 1 saturated carbocycles. The monoisotopic (exact) mass is 955 g/mol. The fraction of sp³-hybridized carbons (Fsp3) is 0.725. The third kappa shape index (κ3) is 32.9. The molecule has 14 nitrogen and oxygen atoms in total. The van der Waals surface area contributed by atoms with Crippen LogP contribution < -0.4 is 0 Å². The number of esters is 2. The summed E-state index contributed by atoms with van der Waals surface area (Å²) in [5.74, 6) is -1.19. The molecule has 0 heterocycles. The third-order valence-electron chi connectivity index (χ3n) is 11.0. The second kappa shape index (κ2) is 40.2. The summed E-state index contributed by atoms with van der Waals surface area (Å²) in [5, 5.41) is 59.5. The number of allylic oxidation sites excluding steroid dienone is 12. The van der Waals surface area contributed by atoms with Gasteiger partial charge in [-0.25, -0.2) is 4.57 Å². The average molecular weight is 955 g/mol. The minimum Gasteiger partial charge on any atom is -0.462 e. The molecule has 3 unspecified atom stereocenters. The van der Waals surface area contributed by atoms with Crippen LogP contribution in [0.5, 0.6) is 0 Å². The minimum absolute atomic E-state index is 0.00494. The Bertz CT molecular complexity index is 1440. The average Bonchev–Trinajstić information content (AvgIpc) is 3.29. The zero-order chi connectivity index (χ0) is 48.7. The predicted octanol–water partition coefficient (Wildman–Crippen LogP) is 9.25. The van der Waals surface area contributed by atoms with Crippen molar-refractivity contribution in [3.05, 3.63) is 72.9 Å². The minimum atomic E-state index is -5.15. The summed E-state index contributed by atoms with van der Waals surface area (Å²) in [5.41, 5.74) is 0. The molecule has 0 bridgehead atoms. The van der Waals surface area contributed by atoms with E-state index in [0.29, 0.717) is 19.3 Å². The first kappa shape index (κ1) is 61.3. The zero-order valence-electron chi connectivity index (χ0n) is 40.1. The Morgan fingerprint density at radius 2 is 0.939 bits per heavy atom. The van der Waals surface area contributed by atoms with Gasteiger partial charge in [-0.15, -0.1) is 0 Å². The Hall–Kier alpha value is -2.75. The Labute approximate surface area is 396 Å². The van der Waals surface area contributed by atoms with Crippen molar-refractivity contribution in [1.29, 1.82) is 0 Å². The number of carbonyl (C=O) groups excluding carboxylic acids is 2. The summed E-state index contributed by atoms with van der Waals surface area (Å²) in [6.07, 6.45) is 35.1. The van der Waals surface area contributed by atoms with Gasteiger partial charge in [-0.05, 0) is 96.8 Å². The van der Waals surface area contributed by atoms with Crippen LogP contribution in [-0.4, -0.2) is 110 Å². The highest BCUT2D eigenvalue weighted by Crippen LogP contribution is 2.47. The first-order valence-corrected chi connectivity index (χ1v) is 26.3. The molecule has 0 aromatic carbocycles. The second-order valence-corrected chi connectivity index (χ2v) is 18.6. The van der Waals surface area contributed by atoms with E-state index >= 15 is 0 Å². The molecule has 0 amide bonds. The van der Waals surface area contributed by atoms with E-state index < -0.39 is 75.7 Å². The summed E-state index contributed by atoms with van der Waals surface area (Å²) in [7, 11) is -5.15. The summed E-state index contributed by atoms with van der Waals surface area (Å²) in [6.45, 7) is 2.78. The number of phosphoric ester groups is 1. The number of ether oxygens (including phenoxy) is 2. The maximum absolute atomic E-state index is 12.8. The molecule has 0 spiro atoms. The van der Waals surface area contributed by atoms with Gasteiger partial charge < -0.3 is 45.0 Å². The van der Waals surface area contributed by atoms with E-state index in [1.807, 2.05) is 12.2 Å². The van der Waals surface area contributed by atoms with Crippen LogP contribution in [0.3, 0.4) is 0 Å². The number of hydrogen-bond acceptors (Lipinski definition) is 13. The number of aliphatic hydroxyl groups excluding tert-OH is 6. The highest BCUT2D eigenvalue weighted by Gasteiger charge is 2.51. The molecule has 15 heteroatoms. The molecule has 0 aliphatic heterocycles. The number of phosphoric acid groups is 1. The number of rotatable bonds is 40. The fourth-order valence-electron chi connectivity index (χ4n) is 7.03. The molecule has 1 fully saturated rings. The molecular formula is C51H87O14P. The van der Waals surface area contributed by atoms with E-state index in [-0.39, 0.29) is 18.9 Å². The molecule has 0 aromatic rings. The zero-order valence-corrected chi connectivity index (χ0v) is 41.0. The van der Waals surface area contributed by atoms with Gasteiger partial charge in [0.2, 0.25) is 0 Å². The summed E-state index contributed by atoms with van der Waals surface area (Å²) in [4.78, 5) is 35.8. The molecule has 66 heavy (non-hydrogen) atoms. The standard InChI is InChI=1S/C51H87O14P/c1-3-4-5-6-7-8-9-10-11-12-13-14-17-20-23-26-29-32-35-38-44(53)62-40-43(41-63-66(60,61)65-51-49(58)47(56)46(55)48(57)50(51)59)64-45(54)39-36-33-30-27-24-21-18-15-16-19-22-25-28-31-34-37-42(2)52/h7-8,10-11,16,18-19,21,25,27-28,30,42-43,46-52,55-59H,3-6,9,12-15,17,20,22-24,26,29,31-41H2,1-2H3,(H,60,61)/b8-7-,11-10-,19-16-,21-18-,28-25-,30-27-/t42-,43+,46?,47-,48+,49+,50+,51?/m0/s1. The van der Waals surface area contributed by atoms with Crippen molar-refractivity contribution in [2.45, 2.75) is 223 Å². The van der Waals surface area contributed by atoms with Gasteiger partial charge in [0.25, 0.3) is 0 Å². The van der Waals surface area contributed by atoms with Crippen molar-refractivity contribution in [2.24, 2.45) is 0 Å². The number of hydrogen-bond donors (Lipinski definition) is 7. The lowest BCUT2D eigenvalue weighted by atomic mass is 9.85. The third-order valence-corrected chi connectivity index (χ3v) is 12.0. The van der Waals surface area contributed by atoms with Crippen LogP contribution in [0.15, 0.2) is 72.9 Å². The van der Waals surface area contributed by atoms with Crippen molar-refractivity contribution in [3.8, 4) is 0 Å². The van der Waals surface area contributed by atoms with Gasteiger partial charge in [0.15, 0.2) is 6.10 Å². The number of aliphatic hydroxyl groups is 6. The molecule has 7 N–H and O–H groups in total. The van der Waals surface area contributed by atoms with E-state index in [1.165, 1.54) is 51.4 Å². The van der Waals surface area contributed by atoms with Gasteiger partial charge in [-0.3, -0.25) is 18.6 Å². The first-order chi connectivity index (χ1) is 31.8. The first-order valence-electron chi connectivity index (χ1n) is 24.8. The van der Waals surface area contributed by atoms with Gasteiger partial charge >= 0.3 is 19.8 Å². The van der Waals surface area contributed by atoms with Crippen molar-refractivity contribution >= 4 is 19.8 Å². The van der Waals surface area contributed by atoms with Crippen LogP contribution in [0.2, 0.25) is 0 Å². The molecule has 9 atom stereocenters. The van der Waals surface area contributed by atoms with Crippen LogP contribution in [0.4, 0.5) is 0 Å². The lowest BCUT2D eigenvalue weighted by Crippen LogP contribution is -2.64. The second-order valence-electron chi connectivity index (χ2n) is 17.2. The molecule has 380 valence electrons. The molecule has 1 aliphatic rings. The SMILES string of the molecule is CCCCC/C=C\C/C=C\CCCCCCCCCCCC(=O)OC[C@H](COP(=O)(O)OC1[C@H](O)[C@H](O)C(O)[C@H](O)[C@H]1O)OC(=O)CCC/C=C\C/C=C\C/C=C\C/C=C\CCC[C@H](C)O. The van der Waals surface area contributed by atoms with Gasteiger partial charge in [0.05, 0.1) is 12.7 Å². The molecule has 0 aromatic heterocycles. The lowest BCUT2D eigenvalue weighted by Gasteiger charge is -2.41. The molecule has 0 radical (unpaired) electrons. The molecular weight excluding hydrogens is 868 g/mol. The van der Waals surface area contributed by atoms with E-state index in [0.717, 1.165) is 77.0 Å². The quantitative estimate of drug-likeness (QED) is 0.0131. The lowest BCUT2D eigenvalue weighted by molar-refractivity contribution is -0.220. The Balaban J connectivity index is 2.46. The maximum atomic E-state index is 12.8. The summed E-state index contributed by atoms with van der Waals surface area (Å²) < 4.78 is 33.5. The van der Waals surface area contributed by atoms with Crippen molar-refractivity contribution < 1.29 is 68.2 Å². The largest absolute Gasteiger partial charge is 0.472 e. The van der Waals surface area contributed by atoms with Crippen LogP contribution in [0, 0.1) is 0 Å². The van der Waals surface area contributed by atoms with Crippen molar-refractivity contribution in [1.82, 2.24) is 0 Å². The summed E-state index contributed by atoms with van der Waals surface area (Å²) >= 11 is 0. The van der Waals surface area contributed by atoms with E-state index in [4.69, 9.17) is 18.5 Å². The van der Waals surface area contributed by atoms with Gasteiger partial charge in [-0.1, -0.05) is 138 Å². The highest BCUT2D eigenvalue weighted by atomic mass is 31.2. The normalized spacial score (nSPS) is 22.4. The Kier molecular flexibility index (Phi) is 37.3. The molecule has 1 rings (SSSR count). The van der Waals surface area contributed by atoms with E-state index in [1.54, 1.807) is 6.92 Å². The summed E-state index contributed by atoms with van der Waals surface area (Å²) in [6, 6.07) is 0. The van der Waals surface area contributed by atoms with E-state index in [9.17, 15) is 49.7 Å². The number of carbonyl (C=O) groups is 2. The van der Waals surface area contributed by atoms with Crippen LogP contribution in [0.1, 0.15) is 174 Å². The predicted molar refractivity (Wildman–Crippen MR) is 259 cm³/mol. The smallest absolute Gasteiger partial charge is 0.462 e. The van der Waals surface area contributed by atoms with Crippen LogP contribution >= 0.6 is 7.82 Å². The maximum Gasteiger partial charge on any atom is 0.472 e. The highest BCUT2D eigenvalue weighted by molar-refractivity contribution is 7.47. The van der Waals surface area contributed by atoms with Crippen molar-refractivity contribution in [3.63, 3.8) is 0 Å². The molecule has 1 aliphatic carbocycles. The fourth-order valence-corrected chi connectivity index (χ4v) is 8.01. The van der Waals surface area contributed by atoms with Gasteiger partial charge in [0.1, 0.15) is 43.2 Å². The van der Waals surface area contributed by atoms with Gasteiger partial charge in [-0.2, -0.15) is 0 Å². The molecule has 0 saturated heterocycles. The Morgan fingerprint density at radius 1 is 0.530 bits per heavy atom.